The average molecular weight is 278 g/mol. The van der Waals surface area contributed by atoms with Crippen LogP contribution in [0.1, 0.15) is 49.1 Å². The molecule has 1 aromatic heterocycles. The standard InChI is InChI=1S/C15H22N2OS/c1-2-3-12(16)15(18)17-8-6-13-11(7-9-19-13)14(17)10-4-5-10/h7,9-10,12,14H,2-6,8,16H2,1H3. The van der Waals surface area contributed by atoms with Gasteiger partial charge in [0, 0.05) is 11.4 Å². The Labute approximate surface area is 118 Å². The third-order valence-electron chi connectivity index (χ3n) is 4.28. The van der Waals surface area contributed by atoms with Gasteiger partial charge in [-0.1, -0.05) is 13.3 Å². The summed E-state index contributed by atoms with van der Waals surface area (Å²) in [5.74, 6) is 0.835. The minimum Gasteiger partial charge on any atom is -0.334 e. The number of fused-ring (bicyclic) bond motifs is 1. The summed E-state index contributed by atoms with van der Waals surface area (Å²) in [7, 11) is 0. The lowest BCUT2D eigenvalue weighted by atomic mass is 9.94. The van der Waals surface area contributed by atoms with Crippen molar-refractivity contribution < 1.29 is 4.79 Å². The fourth-order valence-electron chi connectivity index (χ4n) is 3.16. The molecule has 2 unspecified atom stereocenters. The molecule has 1 aromatic rings. The third-order valence-corrected chi connectivity index (χ3v) is 5.28. The van der Waals surface area contributed by atoms with Crippen LogP contribution in [0, 0.1) is 5.92 Å². The SMILES string of the molecule is CCCC(N)C(=O)N1CCc2sccc2C1C1CC1. The molecule has 0 aromatic carbocycles. The van der Waals surface area contributed by atoms with Gasteiger partial charge in [-0.2, -0.15) is 0 Å². The molecule has 1 aliphatic carbocycles. The lowest BCUT2D eigenvalue weighted by molar-refractivity contribution is -0.136. The molecule has 3 nitrogen and oxygen atoms in total. The molecule has 1 aliphatic heterocycles. The molecule has 0 bridgehead atoms. The molecular formula is C15H22N2OS. The normalized spacial score (nSPS) is 24.1. The third kappa shape index (κ3) is 2.43. The number of amides is 1. The molecule has 0 spiro atoms. The van der Waals surface area contributed by atoms with Crippen LogP contribution in [0.25, 0.3) is 0 Å². The highest BCUT2D eigenvalue weighted by Crippen LogP contribution is 2.48. The van der Waals surface area contributed by atoms with Gasteiger partial charge in [0.15, 0.2) is 0 Å². The van der Waals surface area contributed by atoms with Crippen molar-refractivity contribution in [2.75, 3.05) is 6.54 Å². The fourth-order valence-corrected chi connectivity index (χ4v) is 4.07. The van der Waals surface area contributed by atoms with Crippen LogP contribution in [0.3, 0.4) is 0 Å². The van der Waals surface area contributed by atoms with Gasteiger partial charge < -0.3 is 10.6 Å². The van der Waals surface area contributed by atoms with E-state index in [2.05, 4.69) is 23.3 Å². The summed E-state index contributed by atoms with van der Waals surface area (Å²) >= 11 is 1.84. The summed E-state index contributed by atoms with van der Waals surface area (Å²) in [6.07, 6.45) is 5.28. The van der Waals surface area contributed by atoms with Gasteiger partial charge in [-0.3, -0.25) is 4.79 Å². The monoisotopic (exact) mass is 278 g/mol. The molecule has 4 heteroatoms. The van der Waals surface area contributed by atoms with Crippen LogP contribution in [0.5, 0.6) is 0 Å². The molecule has 2 aliphatic rings. The van der Waals surface area contributed by atoms with E-state index in [4.69, 9.17) is 5.73 Å². The van der Waals surface area contributed by atoms with Crippen molar-refractivity contribution in [1.82, 2.24) is 4.90 Å². The Kier molecular flexibility index (Phi) is 3.63. The quantitative estimate of drug-likeness (QED) is 0.920. The molecular weight excluding hydrogens is 256 g/mol. The highest BCUT2D eigenvalue weighted by atomic mass is 32.1. The molecule has 2 atom stereocenters. The van der Waals surface area contributed by atoms with E-state index >= 15 is 0 Å². The van der Waals surface area contributed by atoms with Gasteiger partial charge in [-0.15, -0.1) is 11.3 Å². The first-order valence-electron chi connectivity index (χ1n) is 7.34. The minimum absolute atomic E-state index is 0.163. The number of nitrogens with zero attached hydrogens (tertiary/aromatic N) is 1. The summed E-state index contributed by atoms with van der Waals surface area (Å²) in [6, 6.07) is 2.21. The van der Waals surface area contributed by atoms with Crippen LogP contribution in [0.2, 0.25) is 0 Å². The van der Waals surface area contributed by atoms with Crippen molar-refractivity contribution in [2.45, 2.75) is 51.1 Å². The average Bonchev–Trinajstić information content (AvgIpc) is 3.13. The number of nitrogens with two attached hydrogens (primary N) is 1. The molecule has 19 heavy (non-hydrogen) atoms. The molecule has 2 N–H and O–H groups in total. The number of thiophene rings is 1. The van der Waals surface area contributed by atoms with Crippen molar-refractivity contribution in [3.05, 3.63) is 21.9 Å². The highest BCUT2D eigenvalue weighted by Gasteiger charge is 2.42. The van der Waals surface area contributed by atoms with Crippen molar-refractivity contribution in [1.29, 1.82) is 0 Å². The largest absolute Gasteiger partial charge is 0.334 e. The number of hydrogen-bond donors (Lipinski definition) is 1. The Bertz CT molecular complexity index is 466. The van der Waals surface area contributed by atoms with E-state index in [1.807, 2.05) is 11.3 Å². The Morgan fingerprint density at radius 3 is 3.05 bits per heavy atom. The first-order valence-corrected chi connectivity index (χ1v) is 8.22. The second-order valence-corrected chi connectivity index (χ2v) is 6.76. The smallest absolute Gasteiger partial charge is 0.240 e. The van der Waals surface area contributed by atoms with E-state index in [1.54, 1.807) is 0 Å². The summed E-state index contributed by atoms with van der Waals surface area (Å²) < 4.78 is 0. The van der Waals surface area contributed by atoms with Crippen LogP contribution in [-0.4, -0.2) is 23.4 Å². The minimum atomic E-state index is -0.313. The Hall–Kier alpha value is -0.870. The number of hydrogen-bond acceptors (Lipinski definition) is 3. The zero-order chi connectivity index (χ0) is 13.4. The summed E-state index contributed by atoms with van der Waals surface area (Å²) in [5.41, 5.74) is 7.45. The van der Waals surface area contributed by atoms with Gasteiger partial charge in [0.05, 0.1) is 12.1 Å². The van der Waals surface area contributed by atoms with Crippen LogP contribution in [0.4, 0.5) is 0 Å². The topological polar surface area (TPSA) is 46.3 Å². The van der Waals surface area contributed by atoms with Crippen LogP contribution in [-0.2, 0) is 11.2 Å². The Balaban J connectivity index is 1.83. The lowest BCUT2D eigenvalue weighted by Gasteiger charge is -2.37. The zero-order valence-electron chi connectivity index (χ0n) is 11.5. The fraction of sp³-hybridized carbons (Fsp3) is 0.667. The van der Waals surface area contributed by atoms with E-state index in [-0.39, 0.29) is 11.9 Å². The lowest BCUT2D eigenvalue weighted by Crippen LogP contribution is -2.48. The van der Waals surface area contributed by atoms with Gasteiger partial charge in [-0.25, -0.2) is 0 Å². The molecule has 1 amide bonds. The zero-order valence-corrected chi connectivity index (χ0v) is 12.3. The van der Waals surface area contributed by atoms with Gasteiger partial charge in [0.2, 0.25) is 5.91 Å². The highest BCUT2D eigenvalue weighted by molar-refractivity contribution is 7.10. The molecule has 104 valence electrons. The van der Waals surface area contributed by atoms with Gasteiger partial charge in [0.1, 0.15) is 0 Å². The number of rotatable bonds is 4. The van der Waals surface area contributed by atoms with Crippen molar-refractivity contribution in [3.8, 4) is 0 Å². The number of carbonyl (C=O) groups excluding carboxylic acids is 1. The maximum absolute atomic E-state index is 12.6. The maximum Gasteiger partial charge on any atom is 0.240 e. The van der Waals surface area contributed by atoms with Crippen molar-refractivity contribution >= 4 is 17.2 Å². The number of carbonyl (C=O) groups is 1. The van der Waals surface area contributed by atoms with Crippen molar-refractivity contribution in [3.63, 3.8) is 0 Å². The van der Waals surface area contributed by atoms with E-state index in [9.17, 15) is 4.79 Å². The maximum atomic E-state index is 12.6. The summed E-state index contributed by atoms with van der Waals surface area (Å²) in [6.45, 7) is 2.93. The first-order chi connectivity index (χ1) is 9.22. The van der Waals surface area contributed by atoms with Crippen LogP contribution >= 0.6 is 11.3 Å². The van der Waals surface area contributed by atoms with Gasteiger partial charge in [-0.05, 0) is 48.6 Å². The Morgan fingerprint density at radius 1 is 1.58 bits per heavy atom. The van der Waals surface area contributed by atoms with Crippen LogP contribution < -0.4 is 5.73 Å². The summed E-state index contributed by atoms with van der Waals surface area (Å²) in [4.78, 5) is 16.1. The second kappa shape index (κ2) is 5.25. The van der Waals surface area contributed by atoms with E-state index in [0.29, 0.717) is 12.0 Å². The molecule has 1 fully saturated rings. The van der Waals surface area contributed by atoms with Gasteiger partial charge in [0.25, 0.3) is 0 Å². The summed E-state index contributed by atoms with van der Waals surface area (Å²) in [5, 5.41) is 2.17. The van der Waals surface area contributed by atoms with Crippen LogP contribution in [0.15, 0.2) is 11.4 Å². The molecule has 0 radical (unpaired) electrons. The molecule has 0 saturated heterocycles. The predicted molar refractivity (Wildman–Crippen MR) is 78.1 cm³/mol. The van der Waals surface area contributed by atoms with E-state index in [0.717, 1.165) is 25.8 Å². The van der Waals surface area contributed by atoms with Gasteiger partial charge >= 0.3 is 0 Å². The second-order valence-electron chi connectivity index (χ2n) is 5.76. The molecule has 2 heterocycles. The Morgan fingerprint density at radius 2 is 2.37 bits per heavy atom. The van der Waals surface area contributed by atoms with E-state index < -0.39 is 0 Å². The molecule has 3 rings (SSSR count). The van der Waals surface area contributed by atoms with E-state index in [1.165, 1.54) is 23.3 Å². The van der Waals surface area contributed by atoms with Crippen molar-refractivity contribution in [2.24, 2.45) is 11.7 Å². The molecule has 1 saturated carbocycles. The first kappa shape index (κ1) is 13.1. The predicted octanol–water partition coefficient (Wildman–Crippen LogP) is 2.71.